The molecule has 0 spiro atoms. The summed E-state index contributed by atoms with van der Waals surface area (Å²) in [7, 11) is -3.23. The number of sulfonamides is 1. The van der Waals surface area contributed by atoms with Gasteiger partial charge in [0.15, 0.2) is 0 Å². The van der Waals surface area contributed by atoms with Gasteiger partial charge in [0.05, 0.1) is 12.3 Å². The van der Waals surface area contributed by atoms with Crippen molar-refractivity contribution >= 4 is 21.8 Å². The lowest BCUT2D eigenvalue weighted by atomic mass is 10.4. The van der Waals surface area contributed by atoms with Gasteiger partial charge in [0.2, 0.25) is 10.0 Å². The van der Waals surface area contributed by atoms with E-state index in [2.05, 4.69) is 15.4 Å². The SMILES string of the molecule is CS(=O)(=O)NCCCNC(=O)C(=O)NCC#N. The van der Waals surface area contributed by atoms with Gasteiger partial charge < -0.3 is 10.6 Å². The van der Waals surface area contributed by atoms with E-state index in [-0.39, 0.29) is 19.6 Å². The van der Waals surface area contributed by atoms with Crippen LogP contribution in [0.15, 0.2) is 0 Å². The third-order valence-electron chi connectivity index (χ3n) is 1.54. The van der Waals surface area contributed by atoms with E-state index in [0.29, 0.717) is 6.42 Å². The van der Waals surface area contributed by atoms with Crippen molar-refractivity contribution in [2.75, 3.05) is 25.9 Å². The normalized spacial score (nSPS) is 10.4. The second-order valence-corrected chi connectivity index (χ2v) is 4.95. The number of carbonyl (C=O) groups is 2. The zero-order valence-corrected chi connectivity index (χ0v) is 10.1. The lowest BCUT2D eigenvalue weighted by Crippen LogP contribution is -2.40. The van der Waals surface area contributed by atoms with Crippen LogP contribution in [-0.4, -0.2) is 46.1 Å². The van der Waals surface area contributed by atoms with Gasteiger partial charge in [-0.2, -0.15) is 5.26 Å². The molecule has 0 aromatic carbocycles. The summed E-state index contributed by atoms with van der Waals surface area (Å²) < 4.78 is 23.6. The van der Waals surface area contributed by atoms with Crippen LogP contribution < -0.4 is 15.4 Å². The van der Waals surface area contributed by atoms with Crippen molar-refractivity contribution in [1.82, 2.24) is 15.4 Å². The van der Waals surface area contributed by atoms with Crippen molar-refractivity contribution in [3.8, 4) is 6.07 Å². The number of hydrogen-bond donors (Lipinski definition) is 3. The molecule has 2 amide bonds. The van der Waals surface area contributed by atoms with Gasteiger partial charge in [0.25, 0.3) is 0 Å². The van der Waals surface area contributed by atoms with Crippen LogP contribution in [0.25, 0.3) is 0 Å². The summed E-state index contributed by atoms with van der Waals surface area (Å²) in [6.07, 6.45) is 1.39. The molecule has 9 heteroatoms. The van der Waals surface area contributed by atoms with Crippen LogP contribution in [0.4, 0.5) is 0 Å². The Morgan fingerprint density at radius 1 is 1.18 bits per heavy atom. The second-order valence-electron chi connectivity index (χ2n) is 3.12. The zero-order chi connectivity index (χ0) is 13.3. The molecule has 3 N–H and O–H groups in total. The lowest BCUT2D eigenvalue weighted by molar-refractivity contribution is -0.139. The first-order valence-corrected chi connectivity index (χ1v) is 6.63. The third kappa shape index (κ3) is 9.28. The Morgan fingerprint density at radius 2 is 1.76 bits per heavy atom. The minimum Gasteiger partial charge on any atom is -0.348 e. The fourth-order valence-electron chi connectivity index (χ4n) is 0.828. The van der Waals surface area contributed by atoms with E-state index in [1.54, 1.807) is 6.07 Å². The molecule has 0 heterocycles. The van der Waals surface area contributed by atoms with Gasteiger partial charge in [0.1, 0.15) is 6.54 Å². The summed E-state index contributed by atoms with van der Waals surface area (Å²) in [6, 6.07) is 1.66. The molecular weight excluding hydrogens is 248 g/mol. The Bertz CT molecular complexity index is 412. The van der Waals surface area contributed by atoms with E-state index in [0.717, 1.165) is 6.26 Å². The molecule has 17 heavy (non-hydrogen) atoms. The van der Waals surface area contributed by atoms with Crippen LogP contribution in [0, 0.1) is 11.3 Å². The largest absolute Gasteiger partial charge is 0.348 e. The number of nitriles is 1. The predicted octanol–water partition coefficient (Wildman–Crippen LogP) is -2.32. The molecule has 96 valence electrons. The highest BCUT2D eigenvalue weighted by molar-refractivity contribution is 7.88. The molecule has 8 nitrogen and oxygen atoms in total. The maximum atomic E-state index is 11.0. The summed E-state index contributed by atoms with van der Waals surface area (Å²) in [5.74, 6) is -1.73. The Kier molecular flexibility index (Phi) is 6.85. The van der Waals surface area contributed by atoms with Crippen molar-refractivity contribution in [3.05, 3.63) is 0 Å². The second kappa shape index (κ2) is 7.59. The number of hydrogen-bond acceptors (Lipinski definition) is 5. The summed E-state index contributed by atoms with van der Waals surface area (Å²) in [6.45, 7) is 0.113. The van der Waals surface area contributed by atoms with E-state index in [1.165, 1.54) is 0 Å². The predicted molar refractivity (Wildman–Crippen MR) is 59.1 cm³/mol. The summed E-state index contributed by atoms with van der Waals surface area (Å²) >= 11 is 0. The molecule has 0 aliphatic rings. The van der Waals surface area contributed by atoms with Gasteiger partial charge in [-0.1, -0.05) is 0 Å². The van der Waals surface area contributed by atoms with Crippen molar-refractivity contribution in [1.29, 1.82) is 5.26 Å². The van der Waals surface area contributed by atoms with E-state index in [9.17, 15) is 18.0 Å². The number of nitrogens with zero attached hydrogens (tertiary/aromatic N) is 1. The minimum absolute atomic E-state index is 0.168. The Balaban J connectivity index is 3.65. The van der Waals surface area contributed by atoms with E-state index < -0.39 is 21.8 Å². The molecule has 0 atom stereocenters. The molecule has 0 bridgehead atoms. The molecule has 0 saturated heterocycles. The molecule has 0 radical (unpaired) electrons. The first-order chi connectivity index (χ1) is 7.87. The average Bonchev–Trinajstić information content (AvgIpc) is 2.23. The van der Waals surface area contributed by atoms with E-state index in [1.807, 2.05) is 0 Å². The molecule has 0 fully saturated rings. The molecule has 0 aliphatic heterocycles. The monoisotopic (exact) mass is 262 g/mol. The Hall–Kier alpha value is -1.66. The highest BCUT2D eigenvalue weighted by Crippen LogP contribution is 1.78. The highest BCUT2D eigenvalue weighted by Gasteiger charge is 2.11. The smallest absolute Gasteiger partial charge is 0.310 e. The third-order valence-corrected chi connectivity index (χ3v) is 2.27. The van der Waals surface area contributed by atoms with E-state index in [4.69, 9.17) is 5.26 Å². The quantitative estimate of drug-likeness (QED) is 0.281. The molecule has 0 aromatic heterocycles. The molecule has 0 rings (SSSR count). The zero-order valence-electron chi connectivity index (χ0n) is 9.32. The average molecular weight is 262 g/mol. The summed E-state index contributed by atoms with van der Waals surface area (Å²) in [5.41, 5.74) is 0. The fourth-order valence-corrected chi connectivity index (χ4v) is 1.34. The first kappa shape index (κ1) is 15.3. The molecule has 0 aliphatic carbocycles. The van der Waals surface area contributed by atoms with Crippen molar-refractivity contribution in [2.24, 2.45) is 0 Å². The number of carbonyl (C=O) groups excluding carboxylic acids is 2. The maximum absolute atomic E-state index is 11.0. The lowest BCUT2D eigenvalue weighted by Gasteiger charge is -2.04. The summed E-state index contributed by atoms with van der Waals surface area (Å²) in [4.78, 5) is 22.0. The van der Waals surface area contributed by atoms with Crippen LogP contribution in [0.1, 0.15) is 6.42 Å². The molecular formula is C8H14N4O4S. The van der Waals surface area contributed by atoms with Gasteiger partial charge in [-0.3, -0.25) is 9.59 Å². The first-order valence-electron chi connectivity index (χ1n) is 4.74. The van der Waals surface area contributed by atoms with Crippen LogP contribution in [0.2, 0.25) is 0 Å². The molecule has 0 saturated carbocycles. The number of rotatable bonds is 6. The van der Waals surface area contributed by atoms with Gasteiger partial charge >= 0.3 is 11.8 Å². The van der Waals surface area contributed by atoms with Crippen molar-refractivity contribution < 1.29 is 18.0 Å². The van der Waals surface area contributed by atoms with Crippen LogP contribution in [0.5, 0.6) is 0 Å². The number of nitrogens with one attached hydrogen (secondary N) is 3. The van der Waals surface area contributed by atoms with Gasteiger partial charge in [-0.05, 0) is 6.42 Å². The Labute approximate surface area is 99.4 Å². The Morgan fingerprint density at radius 3 is 2.29 bits per heavy atom. The summed E-state index contributed by atoms with van der Waals surface area (Å²) in [5, 5.41) is 12.5. The van der Waals surface area contributed by atoms with Gasteiger partial charge in [-0.25, -0.2) is 13.1 Å². The van der Waals surface area contributed by atoms with E-state index >= 15 is 0 Å². The van der Waals surface area contributed by atoms with Crippen LogP contribution >= 0.6 is 0 Å². The maximum Gasteiger partial charge on any atom is 0.310 e. The van der Waals surface area contributed by atoms with Crippen molar-refractivity contribution in [2.45, 2.75) is 6.42 Å². The van der Waals surface area contributed by atoms with Crippen LogP contribution in [-0.2, 0) is 19.6 Å². The topological polar surface area (TPSA) is 128 Å². The number of amides is 2. The fraction of sp³-hybridized carbons (Fsp3) is 0.625. The molecule has 0 aromatic rings. The standard InChI is InChI=1S/C8H14N4O4S/c1-17(15,16)12-5-2-4-10-7(13)8(14)11-6-3-9/h12H,2,4-6H2,1H3,(H,10,13)(H,11,14). The van der Waals surface area contributed by atoms with Crippen molar-refractivity contribution in [3.63, 3.8) is 0 Å². The molecule has 0 unspecified atom stereocenters. The highest BCUT2D eigenvalue weighted by atomic mass is 32.2. The minimum atomic E-state index is -3.23. The van der Waals surface area contributed by atoms with Crippen LogP contribution in [0.3, 0.4) is 0 Å². The van der Waals surface area contributed by atoms with Gasteiger partial charge in [0, 0.05) is 13.1 Å². The van der Waals surface area contributed by atoms with Gasteiger partial charge in [-0.15, -0.1) is 0 Å².